The van der Waals surface area contributed by atoms with Crippen molar-refractivity contribution in [3.05, 3.63) is 72.1 Å². The molecule has 2 bridgehead atoms. The first-order valence-corrected chi connectivity index (χ1v) is 14.6. The number of aliphatic imine (C=N–C) groups is 1. The topological polar surface area (TPSA) is 21.6 Å². The highest BCUT2D eigenvalue weighted by Gasteiger charge is 2.67. The largest absolute Gasteiger partial charge is 0.478 e. The van der Waals surface area contributed by atoms with Crippen molar-refractivity contribution in [2.24, 2.45) is 27.2 Å². The molecule has 0 amide bonds. The molecular weight excluding hydrogens is 429 g/mol. The van der Waals surface area contributed by atoms with Gasteiger partial charge in [0.2, 0.25) is 0 Å². The maximum Gasteiger partial charge on any atom is 0.195 e. The van der Waals surface area contributed by atoms with Crippen LogP contribution in [0, 0.1) is 22.2 Å². The molecule has 2 aromatic carbocycles. The first-order chi connectivity index (χ1) is 15.1. The van der Waals surface area contributed by atoms with E-state index in [0.29, 0.717) is 12.5 Å². The third-order valence-corrected chi connectivity index (χ3v) is 13.4. The van der Waals surface area contributed by atoms with Gasteiger partial charge in [-0.25, -0.2) is 4.99 Å². The lowest BCUT2D eigenvalue weighted by atomic mass is 9.68. The van der Waals surface area contributed by atoms with Gasteiger partial charge in [0.15, 0.2) is 5.90 Å². The SMILES string of the molecule is CC(C)(C)[C@H]1COC([C@@]23CC[C@H](C=C2P(=S)(c2ccccc2)c2ccccc2)C3(C)C)=N1. The minimum absolute atomic E-state index is 0.0432. The number of hydrogen-bond acceptors (Lipinski definition) is 3. The number of nitrogens with zero attached hydrogens (tertiary/aromatic N) is 1. The van der Waals surface area contributed by atoms with Gasteiger partial charge in [0.1, 0.15) is 6.61 Å². The van der Waals surface area contributed by atoms with Gasteiger partial charge < -0.3 is 4.74 Å². The summed E-state index contributed by atoms with van der Waals surface area (Å²) in [7, 11) is 0. The Bertz CT molecular complexity index is 1090. The standard InChI is InChI=1S/C28H34NOPS/c1-26(2,3)23-19-30-25(29-23)28-17-16-20(27(28,4)5)18-24(28)31(32,21-12-8-6-9-13-21)22-14-10-7-11-15-22/h6-15,18,20,23H,16-17,19H2,1-5H3/t20-,23-,28-/m1/s1. The lowest BCUT2D eigenvalue weighted by molar-refractivity contribution is 0.175. The number of ether oxygens (including phenoxy) is 1. The molecule has 0 N–H and O–H groups in total. The van der Waals surface area contributed by atoms with E-state index in [9.17, 15) is 0 Å². The summed E-state index contributed by atoms with van der Waals surface area (Å²) in [6.45, 7) is 12.3. The predicted octanol–water partition coefficient (Wildman–Crippen LogP) is 6.28. The quantitative estimate of drug-likeness (QED) is 0.498. The molecule has 4 heteroatoms. The zero-order valence-corrected chi connectivity index (χ0v) is 21.5. The molecule has 2 aliphatic carbocycles. The molecular formula is C28H34NOPS. The van der Waals surface area contributed by atoms with Crippen LogP contribution >= 0.6 is 6.04 Å². The van der Waals surface area contributed by atoms with E-state index >= 15 is 0 Å². The van der Waals surface area contributed by atoms with Crippen molar-refractivity contribution in [3.8, 4) is 0 Å². The number of fused-ring (bicyclic) bond motifs is 2. The summed E-state index contributed by atoms with van der Waals surface area (Å²) in [5, 5.41) is 3.94. The van der Waals surface area contributed by atoms with E-state index in [-0.39, 0.29) is 22.3 Å². The fraction of sp³-hybridized carbons (Fsp3) is 0.464. The molecule has 1 fully saturated rings. The van der Waals surface area contributed by atoms with Gasteiger partial charge in [0.25, 0.3) is 0 Å². The number of benzene rings is 2. The number of rotatable bonds is 4. The minimum atomic E-state index is -2.24. The maximum atomic E-state index is 6.80. The van der Waals surface area contributed by atoms with Gasteiger partial charge in [0.05, 0.1) is 11.5 Å². The summed E-state index contributed by atoms with van der Waals surface area (Å²) in [5.74, 6) is 1.46. The van der Waals surface area contributed by atoms with Gasteiger partial charge in [-0.05, 0) is 45.5 Å². The zero-order valence-electron chi connectivity index (χ0n) is 19.8. The van der Waals surface area contributed by atoms with E-state index in [0.717, 1.165) is 12.3 Å². The molecule has 1 heterocycles. The highest BCUT2D eigenvalue weighted by atomic mass is 32.4. The summed E-state index contributed by atoms with van der Waals surface area (Å²) in [6.07, 6.45) is 4.79. The molecule has 2 aromatic rings. The zero-order chi connectivity index (χ0) is 22.8. The highest BCUT2D eigenvalue weighted by Crippen LogP contribution is 2.75. The van der Waals surface area contributed by atoms with Gasteiger partial charge in [0, 0.05) is 6.04 Å². The second-order valence-electron chi connectivity index (χ2n) is 11.2. The number of hydrogen-bond donors (Lipinski definition) is 0. The van der Waals surface area contributed by atoms with Crippen LogP contribution in [-0.4, -0.2) is 18.5 Å². The number of allylic oxidation sites excluding steroid dienone is 1. The summed E-state index contributed by atoms with van der Waals surface area (Å²) in [6, 6.07) is 19.6. The van der Waals surface area contributed by atoms with Crippen LogP contribution in [0.1, 0.15) is 47.5 Å². The minimum Gasteiger partial charge on any atom is -0.478 e. The van der Waals surface area contributed by atoms with Crippen LogP contribution in [0.15, 0.2) is 77.0 Å². The van der Waals surface area contributed by atoms with E-state index in [4.69, 9.17) is 21.5 Å². The van der Waals surface area contributed by atoms with Crippen LogP contribution in [0.5, 0.6) is 0 Å². The molecule has 3 aliphatic rings. The van der Waals surface area contributed by atoms with E-state index in [1.807, 2.05) is 0 Å². The lowest BCUT2D eigenvalue weighted by Crippen LogP contribution is -2.42. The van der Waals surface area contributed by atoms with E-state index in [1.54, 1.807) is 0 Å². The van der Waals surface area contributed by atoms with Crippen LogP contribution in [0.4, 0.5) is 0 Å². The normalized spacial score (nSPS) is 28.9. The van der Waals surface area contributed by atoms with Gasteiger partial charge in [-0.3, -0.25) is 0 Å². The van der Waals surface area contributed by atoms with Gasteiger partial charge in [-0.2, -0.15) is 0 Å². The van der Waals surface area contributed by atoms with Crippen molar-refractivity contribution in [2.45, 2.75) is 53.5 Å². The Morgan fingerprint density at radius 2 is 1.53 bits per heavy atom. The molecule has 0 spiro atoms. The van der Waals surface area contributed by atoms with Crippen LogP contribution in [0.3, 0.4) is 0 Å². The Hall–Kier alpha value is -1.70. The molecule has 1 saturated carbocycles. The smallest absolute Gasteiger partial charge is 0.195 e. The first kappa shape index (κ1) is 22.1. The third-order valence-electron chi connectivity index (χ3n) is 8.25. The second kappa shape index (κ2) is 7.40. The average Bonchev–Trinajstić information content (AvgIpc) is 3.44. The van der Waals surface area contributed by atoms with Crippen molar-refractivity contribution in [3.63, 3.8) is 0 Å². The van der Waals surface area contributed by atoms with Gasteiger partial charge >= 0.3 is 0 Å². The van der Waals surface area contributed by atoms with E-state index < -0.39 is 6.04 Å². The average molecular weight is 464 g/mol. The molecule has 0 saturated heterocycles. The van der Waals surface area contributed by atoms with Crippen LogP contribution in [-0.2, 0) is 16.5 Å². The van der Waals surface area contributed by atoms with Crippen LogP contribution in [0.25, 0.3) is 0 Å². The Morgan fingerprint density at radius 1 is 0.969 bits per heavy atom. The Labute approximate surface area is 198 Å². The maximum absolute atomic E-state index is 6.80. The summed E-state index contributed by atoms with van der Waals surface area (Å²) < 4.78 is 6.51. The fourth-order valence-corrected chi connectivity index (χ4v) is 10.9. The molecule has 3 atom stereocenters. The van der Waals surface area contributed by atoms with Gasteiger partial charge in [-0.15, -0.1) is 0 Å². The Balaban J connectivity index is 1.74. The van der Waals surface area contributed by atoms with Crippen LogP contribution < -0.4 is 10.6 Å². The van der Waals surface area contributed by atoms with Crippen molar-refractivity contribution >= 4 is 34.4 Å². The van der Waals surface area contributed by atoms with Crippen molar-refractivity contribution in [1.29, 1.82) is 0 Å². The third kappa shape index (κ3) is 2.97. The van der Waals surface area contributed by atoms with Crippen molar-refractivity contribution < 1.29 is 4.74 Å². The molecule has 5 rings (SSSR count). The first-order valence-electron chi connectivity index (χ1n) is 11.8. The summed E-state index contributed by atoms with van der Waals surface area (Å²) >= 11 is 6.80. The monoisotopic (exact) mass is 463 g/mol. The van der Waals surface area contributed by atoms with E-state index in [2.05, 4.69) is 101 Å². The predicted molar refractivity (Wildman–Crippen MR) is 140 cm³/mol. The van der Waals surface area contributed by atoms with Crippen molar-refractivity contribution in [1.82, 2.24) is 0 Å². The van der Waals surface area contributed by atoms with Gasteiger partial charge in [-0.1, -0.05) is 113 Å². The summed E-state index contributed by atoms with van der Waals surface area (Å²) in [4.78, 5) is 5.28. The Kier molecular flexibility index (Phi) is 5.12. The molecule has 0 radical (unpaired) electrons. The fourth-order valence-electron chi connectivity index (χ4n) is 6.07. The second-order valence-corrected chi connectivity index (χ2v) is 15.6. The molecule has 0 aromatic heterocycles. The molecule has 32 heavy (non-hydrogen) atoms. The Morgan fingerprint density at radius 3 is 2.00 bits per heavy atom. The summed E-state index contributed by atoms with van der Waals surface area (Å²) in [5.41, 5.74) is -0.0947. The van der Waals surface area contributed by atoms with E-state index in [1.165, 1.54) is 22.3 Å². The molecule has 0 unspecified atom stereocenters. The molecule has 2 nitrogen and oxygen atoms in total. The molecule has 168 valence electrons. The van der Waals surface area contributed by atoms with Crippen molar-refractivity contribution in [2.75, 3.05) is 6.61 Å². The lowest BCUT2D eigenvalue weighted by Gasteiger charge is -2.43. The molecule has 1 aliphatic heterocycles. The van der Waals surface area contributed by atoms with Crippen LogP contribution in [0.2, 0.25) is 0 Å². The highest BCUT2D eigenvalue weighted by molar-refractivity contribution is 8.24.